The first kappa shape index (κ1) is 19.9. The highest BCUT2D eigenvalue weighted by molar-refractivity contribution is 7.91. The van der Waals surface area contributed by atoms with Gasteiger partial charge in [-0.25, -0.2) is 8.42 Å². The van der Waals surface area contributed by atoms with E-state index in [0.29, 0.717) is 18.5 Å². The Balaban J connectivity index is 0.00000210. The molecule has 0 bridgehead atoms. The van der Waals surface area contributed by atoms with Gasteiger partial charge in [0.1, 0.15) is 11.3 Å². The molecule has 4 rings (SSSR count). The average Bonchev–Trinajstić information content (AvgIpc) is 3.01. The molecule has 1 atom stereocenters. The Morgan fingerprint density at radius 1 is 1.19 bits per heavy atom. The van der Waals surface area contributed by atoms with Crippen molar-refractivity contribution in [3.8, 4) is 0 Å². The van der Waals surface area contributed by atoms with Crippen LogP contribution in [0.15, 0.2) is 56.7 Å². The van der Waals surface area contributed by atoms with Gasteiger partial charge in [-0.1, -0.05) is 18.2 Å². The number of furan rings is 1. The van der Waals surface area contributed by atoms with Crippen molar-refractivity contribution in [1.29, 1.82) is 0 Å². The fourth-order valence-electron chi connectivity index (χ4n) is 3.51. The third-order valence-corrected chi connectivity index (χ3v) is 6.49. The number of hydrogen-bond donors (Lipinski definition) is 2. The molecule has 0 saturated heterocycles. The van der Waals surface area contributed by atoms with E-state index in [-0.39, 0.29) is 22.2 Å². The fourth-order valence-corrected chi connectivity index (χ4v) is 4.87. The van der Waals surface area contributed by atoms with Gasteiger partial charge >= 0.3 is 0 Å². The standard InChI is InChI=1S/C20H21NO4S.ClH/c1-13(22)9-14-10-16(26(23,24)15-5-3-2-4-6-15)11-17-18-12-21-8-7-19(18)25-20(14)17;/h2-6,10-11,13,21-22H,7-9,12H2,1H3;1H. The molecular formula is C20H22ClNO4S. The molecule has 0 spiro atoms. The summed E-state index contributed by atoms with van der Waals surface area (Å²) in [4.78, 5) is 0.499. The number of hydrogen-bond acceptors (Lipinski definition) is 5. The molecule has 2 N–H and O–H groups in total. The summed E-state index contributed by atoms with van der Waals surface area (Å²) in [5.41, 5.74) is 2.43. The summed E-state index contributed by atoms with van der Waals surface area (Å²) in [7, 11) is -3.64. The Hall–Kier alpha value is -1.86. The van der Waals surface area contributed by atoms with Crippen LogP contribution in [0.4, 0.5) is 0 Å². The second-order valence-corrected chi connectivity index (χ2v) is 8.71. The second-order valence-electron chi connectivity index (χ2n) is 6.76. The number of nitrogens with one attached hydrogen (secondary N) is 1. The van der Waals surface area contributed by atoms with Crippen LogP contribution in [0.3, 0.4) is 0 Å². The first-order valence-corrected chi connectivity index (χ1v) is 10.2. The molecular weight excluding hydrogens is 386 g/mol. The largest absolute Gasteiger partial charge is 0.460 e. The van der Waals surface area contributed by atoms with E-state index in [0.717, 1.165) is 35.2 Å². The molecule has 2 heterocycles. The monoisotopic (exact) mass is 407 g/mol. The van der Waals surface area contributed by atoms with Gasteiger partial charge in [0.25, 0.3) is 0 Å². The molecule has 1 aromatic heterocycles. The van der Waals surface area contributed by atoms with Crippen LogP contribution in [-0.4, -0.2) is 26.2 Å². The van der Waals surface area contributed by atoms with Crippen molar-refractivity contribution in [2.75, 3.05) is 6.54 Å². The van der Waals surface area contributed by atoms with E-state index >= 15 is 0 Å². The van der Waals surface area contributed by atoms with Crippen molar-refractivity contribution in [1.82, 2.24) is 5.32 Å². The van der Waals surface area contributed by atoms with Gasteiger partial charge in [0.15, 0.2) is 0 Å². The zero-order valence-electron chi connectivity index (χ0n) is 14.9. The zero-order chi connectivity index (χ0) is 18.3. The zero-order valence-corrected chi connectivity index (χ0v) is 16.6. The van der Waals surface area contributed by atoms with Crippen LogP contribution >= 0.6 is 12.4 Å². The van der Waals surface area contributed by atoms with Crippen molar-refractivity contribution < 1.29 is 17.9 Å². The van der Waals surface area contributed by atoms with Gasteiger partial charge in [0.05, 0.1) is 15.9 Å². The quantitative estimate of drug-likeness (QED) is 0.694. The molecule has 1 aliphatic rings. The second kappa shape index (κ2) is 7.64. The lowest BCUT2D eigenvalue weighted by molar-refractivity contribution is 0.195. The van der Waals surface area contributed by atoms with Crippen molar-refractivity contribution >= 4 is 33.2 Å². The van der Waals surface area contributed by atoms with Crippen LogP contribution < -0.4 is 5.32 Å². The van der Waals surface area contributed by atoms with E-state index in [1.54, 1.807) is 49.4 Å². The Morgan fingerprint density at radius 2 is 1.93 bits per heavy atom. The van der Waals surface area contributed by atoms with Crippen LogP contribution in [0.2, 0.25) is 0 Å². The van der Waals surface area contributed by atoms with Crippen LogP contribution in [0, 0.1) is 0 Å². The van der Waals surface area contributed by atoms with E-state index in [9.17, 15) is 13.5 Å². The van der Waals surface area contributed by atoms with E-state index in [1.807, 2.05) is 0 Å². The van der Waals surface area contributed by atoms with Gasteiger partial charge in [0, 0.05) is 36.9 Å². The summed E-state index contributed by atoms with van der Waals surface area (Å²) < 4.78 is 32.2. The summed E-state index contributed by atoms with van der Waals surface area (Å²) in [6.45, 7) is 3.19. The lowest BCUT2D eigenvalue weighted by Crippen LogP contribution is -2.22. The highest BCUT2D eigenvalue weighted by Gasteiger charge is 2.25. The first-order chi connectivity index (χ1) is 12.5. The van der Waals surface area contributed by atoms with E-state index in [2.05, 4.69) is 5.32 Å². The maximum absolute atomic E-state index is 13.1. The number of benzene rings is 2. The molecule has 2 aromatic carbocycles. The van der Waals surface area contributed by atoms with Crippen molar-refractivity contribution in [3.05, 3.63) is 59.4 Å². The third kappa shape index (κ3) is 3.62. The minimum Gasteiger partial charge on any atom is -0.460 e. The van der Waals surface area contributed by atoms with Gasteiger partial charge in [-0.15, -0.1) is 12.4 Å². The summed E-state index contributed by atoms with van der Waals surface area (Å²) in [6, 6.07) is 11.8. The van der Waals surface area contributed by atoms with E-state index in [1.165, 1.54) is 0 Å². The number of rotatable bonds is 4. The van der Waals surface area contributed by atoms with E-state index in [4.69, 9.17) is 4.42 Å². The Bertz CT molecular complexity index is 1060. The molecule has 0 radical (unpaired) electrons. The van der Waals surface area contributed by atoms with Gasteiger partial charge in [-0.3, -0.25) is 0 Å². The normalized spacial score (nSPS) is 15.2. The molecule has 5 nitrogen and oxygen atoms in total. The molecule has 1 unspecified atom stereocenters. The van der Waals surface area contributed by atoms with Crippen LogP contribution in [0.25, 0.3) is 11.0 Å². The SMILES string of the molecule is CC(O)Cc1cc(S(=O)(=O)c2ccccc2)cc2c3c(oc12)CCNC3.Cl. The summed E-state index contributed by atoms with van der Waals surface area (Å²) >= 11 is 0. The average molecular weight is 408 g/mol. The molecule has 0 aliphatic carbocycles. The number of sulfone groups is 1. The topological polar surface area (TPSA) is 79.5 Å². The van der Waals surface area contributed by atoms with Crippen LogP contribution in [-0.2, 0) is 29.2 Å². The predicted octanol–water partition coefficient (Wildman–Crippen LogP) is 3.26. The minimum atomic E-state index is -3.64. The fraction of sp³-hybridized carbons (Fsp3) is 0.300. The molecule has 1 aliphatic heterocycles. The summed E-state index contributed by atoms with van der Waals surface area (Å²) in [6.07, 6.45) is 0.529. The number of aliphatic hydroxyl groups excluding tert-OH is 1. The molecule has 144 valence electrons. The Morgan fingerprint density at radius 3 is 2.63 bits per heavy atom. The highest BCUT2D eigenvalue weighted by atomic mass is 35.5. The Kier molecular flexibility index (Phi) is 5.63. The molecule has 0 fully saturated rings. The third-order valence-electron chi connectivity index (χ3n) is 4.74. The molecule has 0 saturated carbocycles. The van der Waals surface area contributed by atoms with Crippen molar-refractivity contribution in [2.45, 2.75) is 42.2 Å². The molecule has 27 heavy (non-hydrogen) atoms. The van der Waals surface area contributed by atoms with Crippen molar-refractivity contribution in [2.24, 2.45) is 0 Å². The van der Waals surface area contributed by atoms with Crippen LogP contribution in [0.1, 0.15) is 23.8 Å². The molecule has 7 heteroatoms. The van der Waals surface area contributed by atoms with Crippen LogP contribution in [0.5, 0.6) is 0 Å². The van der Waals surface area contributed by atoms with Crippen molar-refractivity contribution in [3.63, 3.8) is 0 Å². The van der Waals surface area contributed by atoms with Gasteiger partial charge in [-0.05, 0) is 36.8 Å². The number of fused-ring (bicyclic) bond motifs is 3. The summed E-state index contributed by atoms with van der Waals surface area (Å²) in [5.74, 6) is 0.903. The Labute approximate surface area is 164 Å². The maximum Gasteiger partial charge on any atom is 0.206 e. The molecule has 3 aromatic rings. The first-order valence-electron chi connectivity index (χ1n) is 8.73. The number of aliphatic hydroxyl groups is 1. The van der Waals surface area contributed by atoms with E-state index < -0.39 is 15.9 Å². The lowest BCUT2D eigenvalue weighted by atomic mass is 10.0. The lowest BCUT2D eigenvalue weighted by Gasteiger charge is -2.12. The summed E-state index contributed by atoms with van der Waals surface area (Å²) in [5, 5.41) is 14.0. The highest BCUT2D eigenvalue weighted by Crippen LogP contribution is 2.35. The molecule has 0 amide bonds. The maximum atomic E-state index is 13.1. The smallest absolute Gasteiger partial charge is 0.206 e. The number of halogens is 1. The van der Waals surface area contributed by atoms with Gasteiger partial charge in [0.2, 0.25) is 9.84 Å². The van der Waals surface area contributed by atoms with Gasteiger partial charge in [-0.2, -0.15) is 0 Å². The predicted molar refractivity (Wildman–Crippen MR) is 106 cm³/mol. The minimum absolute atomic E-state index is 0. The van der Waals surface area contributed by atoms with Gasteiger partial charge < -0.3 is 14.8 Å².